The molecule has 0 unspecified atom stereocenters. The minimum atomic E-state index is 0.764. The summed E-state index contributed by atoms with van der Waals surface area (Å²) in [6.07, 6.45) is 1.77. The lowest BCUT2D eigenvalue weighted by molar-refractivity contribution is 0.480. The first-order valence-electron chi connectivity index (χ1n) is 5.87. The zero-order valence-corrected chi connectivity index (χ0v) is 12.3. The molecule has 4 heteroatoms. The zero-order valence-electron chi connectivity index (χ0n) is 10.2. The first-order valence-corrected chi connectivity index (χ1v) is 6.95. The Morgan fingerprint density at radius 2 is 2.06 bits per heavy atom. The van der Waals surface area contributed by atoms with Crippen LogP contribution >= 0.6 is 22.6 Å². The third-order valence-corrected chi connectivity index (χ3v) is 3.05. The van der Waals surface area contributed by atoms with Gasteiger partial charge in [-0.2, -0.15) is 0 Å². The van der Waals surface area contributed by atoms with Gasteiger partial charge in [0.25, 0.3) is 0 Å². The lowest BCUT2D eigenvalue weighted by Gasteiger charge is -2.07. The van der Waals surface area contributed by atoms with E-state index in [0.717, 1.165) is 33.9 Å². The Labute approximate surface area is 121 Å². The monoisotopic (exact) mass is 354 g/mol. The molecule has 0 saturated carbocycles. The highest BCUT2D eigenvalue weighted by Gasteiger charge is 2.00. The normalized spacial score (nSPS) is 10.3. The van der Waals surface area contributed by atoms with Gasteiger partial charge in [0, 0.05) is 22.4 Å². The molecule has 1 aromatic heterocycles. The number of pyridine rings is 1. The number of ether oxygens (including phenoxy) is 1. The highest BCUT2D eigenvalue weighted by molar-refractivity contribution is 14.1. The van der Waals surface area contributed by atoms with Crippen LogP contribution in [0.25, 0.3) is 0 Å². The number of aromatic nitrogens is 1. The highest BCUT2D eigenvalue weighted by atomic mass is 127. The summed E-state index contributed by atoms with van der Waals surface area (Å²) in [5.41, 5.74) is 0.986. The lowest BCUT2D eigenvalue weighted by atomic mass is 10.3. The Balaban J connectivity index is 2.09. The van der Waals surface area contributed by atoms with Crippen molar-refractivity contribution in [2.45, 2.75) is 13.5 Å². The Morgan fingerprint density at radius 3 is 2.83 bits per heavy atom. The molecule has 0 amide bonds. The maximum absolute atomic E-state index is 5.81. The van der Waals surface area contributed by atoms with E-state index in [1.54, 1.807) is 6.20 Å². The fraction of sp³-hybridized carbons (Fsp3) is 0.214. The molecule has 2 rings (SSSR count). The number of nitrogens with zero attached hydrogens (tertiary/aromatic N) is 1. The van der Waals surface area contributed by atoms with Crippen molar-refractivity contribution in [1.82, 2.24) is 10.3 Å². The van der Waals surface area contributed by atoms with E-state index in [1.165, 1.54) is 0 Å². The molecule has 94 valence electrons. The summed E-state index contributed by atoms with van der Waals surface area (Å²) in [6, 6.07) is 11.8. The van der Waals surface area contributed by atoms with Gasteiger partial charge in [-0.25, -0.2) is 0 Å². The predicted octanol–water partition coefficient (Wildman–Crippen LogP) is 3.59. The number of halogens is 1. The zero-order chi connectivity index (χ0) is 12.8. The fourth-order valence-electron chi connectivity index (χ4n) is 1.54. The first-order chi connectivity index (χ1) is 8.78. The molecule has 0 bridgehead atoms. The summed E-state index contributed by atoms with van der Waals surface area (Å²) in [5, 5.41) is 3.25. The van der Waals surface area contributed by atoms with Crippen LogP contribution in [0.2, 0.25) is 0 Å². The SMILES string of the molecule is CCNCc1cc(Oc2cccc(I)c2)ccn1. The van der Waals surface area contributed by atoms with Crippen LogP contribution in [0, 0.1) is 3.57 Å². The lowest BCUT2D eigenvalue weighted by Crippen LogP contribution is -2.12. The molecule has 1 aromatic carbocycles. The second-order valence-electron chi connectivity index (χ2n) is 3.82. The molecule has 0 aliphatic heterocycles. The summed E-state index contributed by atoms with van der Waals surface area (Å²) < 4.78 is 6.97. The van der Waals surface area contributed by atoms with Gasteiger partial charge >= 0.3 is 0 Å². The van der Waals surface area contributed by atoms with Gasteiger partial charge in [-0.3, -0.25) is 4.98 Å². The van der Waals surface area contributed by atoms with E-state index in [4.69, 9.17) is 4.74 Å². The molecule has 0 aliphatic carbocycles. The molecule has 1 N–H and O–H groups in total. The minimum Gasteiger partial charge on any atom is -0.457 e. The van der Waals surface area contributed by atoms with Gasteiger partial charge in [-0.1, -0.05) is 13.0 Å². The summed E-state index contributed by atoms with van der Waals surface area (Å²) in [4.78, 5) is 4.29. The largest absolute Gasteiger partial charge is 0.457 e. The smallest absolute Gasteiger partial charge is 0.130 e. The van der Waals surface area contributed by atoms with Crippen LogP contribution in [0.1, 0.15) is 12.6 Å². The van der Waals surface area contributed by atoms with Crippen LogP contribution in [0.4, 0.5) is 0 Å². The Kier molecular flexibility index (Phi) is 4.95. The van der Waals surface area contributed by atoms with Crippen molar-refractivity contribution >= 4 is 22.6 Å². The molecule has 3 nitrogen and oxygen atoms in total. The van der Waals surface area contributed by atoms with Gasteiger partial charge in [-0.05, 0) is 53.4 Å². The quantitative estimate of drug-likeness (QED) is 0.834. The van der Waals surface area contributed by atoms with Crippen molar-refractivity contribution in [1.29, 1.82) is 0 Å². The second-order valence-corrected chi connectivity index (χ2v) is 5.07. The molecule has 0 fully saturated rings. The fourth-order valence-corrected chi connectivity index (χ4v) is 2.05. The number of benzene rings is 1. The number of rotatable bonds is 5. The number of nitrogens with one attached hydrogen (secondary N) is 1. The van der Waals surface area contributed by atoms with Gasteiger partial charge in [-0.15, -0.1) is 0 Å². The molecule has 0 radical (unpaired) electrons. The third-order valence-electron chi connectivity index (χ3n) is 2.38. The predicted molar refractivity (Wildman–Crippen MR) is 80.9 cm³/mol. The van der Waals surface area contributed by atoms with E-state index in [-0.39, 0.29) is 0 Å². The van der Waals surface area contributed by atoms with Gasteiger partial charge in [0.15, 0.2) is 0 Å². The van der Waals surface area contributed by atoms with E-state index < -0.39 is 0 Å². The first kappa shape index (κ1) is 13.3. The molecule has 2 aromatic rings. The van der Waals surface area contributed by atoms with Crippen LogP contribution < -0.4 is 10.1 Å². The molecular formula is C14H15IN2O. The van der Waals surface area contributed by atoms with Crippen molar-refractivity contribution in [3.63, 3.8) is 0 Å². The van der Waals surface area contributed by atoms with Crippen LogP contribution in [-0.4, -0.2) is 11.5 Å². The van der Waals surface area contributed by atoms with Gasteiger partial charge in [0.1, 0.15) is 11.5 Å². The van der Waals surface area contributed by atoms with E-state index in [0.29, 0.717) is 0 Å². The summed E-state index contributed by atoms with van der Waals surface area (Å²) in [5.74, 6) is 1.67. The minimum absolute atomic E-state index is 0.764. The second kappa shape index (κ2) is 6.70. The van der Waals surface area contributed by atoms with Crippen LogP contribution in [-0.2, 0) is 6.54 Å². The Morgan fingerprint density at radius 1 is 1.22 bits per heavy atom. The topological polar surface area (TPSA) is 34.1 Å². The summed E-state index contributed by atoms with van der Waals surface area (Å²) in [7, 11) is 0. The molecule has 18 heavy (non-hydrogen) atoms. The average molecular weight is 354 g/mol. The van der Waals surface area contributed by atoms with Crippen molar-refractivity contribution in [2.24, 2.45) is 0 Å². The average Bonchev–Trinajstić information content (AvgIpc) is 2.37. The van der Waals surface area contributed by atoms with Crippen molar-refractivity contribution in [3.8, 4) is 11.5 Å². The van der Waals surface area contributed by atoms with Crippen molar-refractivity contribution in [2.75, 3.05) is 6.54 Å². The summed E-state index contributed by atoms with van der Waals surface area (Å²) >= 11 is 2.27. The molecule has 0 atom stereocenters. The highest BCUT2D eigenvalue weighted by Crippen LogP contribution is 2.22. The molecule has 0 saturated heterocycles. The van der Waals surface area contributed by atoms with Crippen molar-refractivity contribution < 1.29 is 4.74 Å². The standard InChI is InChI=1S/C14H15IN2O/c1-2-16-10-12-9-14(6-7-17-12)18-13-5-3-4-11(15)8-13/h3-9,16H,2,10H2,1H3. The van der Waals surface area contributed by atoms with E-state index in [1.807, 2.05) is 36.4 Å². The van der Waals surface area contributed by atoms with Crippen molar-refractivity contribution in [3.05, 3.63) is 51.9 Å². The van der Waals surface area contributed by atoms with Gasteiger partial charge in [0.05, 0.1) is 5.69 Å². The number of hydrogen-bond acceptors (Lipinski definition) is 3. The Bertz CT molecular complexity index is 517. The Hall–Kier alpha value is -1.14. The maximum atomic E-state index is 5.81. The van der Waals surface area contributed by atoms with E-state index in [2.05, 4.69) is 39.8 Å². The van der Waals surface area contributed by atoms with Gasteiger partial charge in [0.2, 0.25) is 0 Å². The van der Waals surface area contributed by atoms with Crippen LogP contribution in [0.3, 0.4) is 0 Å². The van der Waals surface area contributed by atoms with E-state index >= 15 is 0 Å². The van der Waals surface area contributed by atoms with Crippen LogP contribution in [0.5, 0.6) is 11.5 Å². The molecule has 0 aliphatic rings. The summed E-state index contributed by atoms with van der Waals surface area (Å²) in [6.45, 7) is 3.77. The van der Waals surface area contributed by atoms with Crippen LogP contribution in [0.15, 0.2) is 42.6 Å². The molecular weight excluding hydrogens is 339 g/mol. The maximum Gasteiger partial charge on any atom is 0.130 e. The number of hydrogen-bond donors (Lipinski definition) is 1. The van der Waals surface area contributed by atoms with E-state index in [9.17, 15) is 0 Å². The molecule has 1 heterocycles. The van der Waals surface area contributed by atoms with Gasteiger partial charge < -0.3 is 10.1 Å². The third kappa shape index (κ3) is 3.96. The molecule has 0 spiro atoms.